The fourth-order valence-corrected chi connectivity index (χ4v) is 2.06. The van der Waals surface area contributed by atoms with Gasteiger partial charge in [-0.25, -0.2) is 9.59 Å². The summed E-state index contributed by atoms with van der Waals surface area (Å²) in [7, 11) is 0. The summed E-state index contributed by atoms with van der Waals surface area (Å²) in [5.74, 6) is -1.25. The number of hydrogen-bond acceptors (Lipinski definition) is 6. The Hall–Kier alpha value is -1.82. The summed E-state index contributed by atoms with van der Waals surface area (Å²) in [6.45, 7) is 1.74. The van der Waals surface area contributed by atoms with Crippen LogP contribution in [-0.4, -0.2) is 17.7 Å². The van der Waals surface area contributed by atoms with Crippen molar-refractivity contribution in [1.29, 1.82) is 0 Å². The first kappa shape index (κ1) is 10.7. The summed E-state index contributed by atoms with van der Waals surface area (Å²) in [6.07, 6.45) is 0. The van der Waals surface area contributed by atoms with Crippen molar-refractivity contribution in [2.45, 2.75) is 6.92 Å². The number of rotatable bonds is 2. The Kier molecular flexibility index (Phi) is 2.66. The topological polar surface area (TPSA) is 76.7 Å². The molecule has 0 radical (unpaired) electrons. The van der Waals surface area contributed by atoms with Gasteiger partial charge in [0.15, 0.2) is 16.9 Å². The van der Waals surface area contributed by atoms with Gasteiger partial charge in [-0.3, -0.25) is 0 Å². The highest BCUT2D eigenvalue weighted by Crippen LogP contribution is 2.30. The standard InChI is InChI=1S/C10H8O5S/c1-2-14-9(12)6-7(11)8-5(3-4-16-8)15-10(6)13/h3-4,11H,2H2,1H3. The van der Waals surface area contributed by atoms with Crippen LogP contribution in [0.2, 0.25) is 0 Å². The molecule has 0 unspecified atom stereocenters. The first-order chi connectivity index (χ1) is 7.65. The number of hydrogen-bond donors (Lipinski definition) is 1. The molecule has 6 heteroatoms. The van der Waals surface area contributed by atoms with Crippen LogP contribution in [0.15, 0.2) is 20.7 Å². The van der Waals surface area contributed by atoms with Crippen LogP contribution in [0.1, 0.15) is 17.3 Å². The minimum Gasteiger partial charge on any atom is -0.505 e. The average Bonchev–Trinajstić information content (AvgIpc) is 2.66. The summed E-state index contributed by atoms with van der Waals surface area (Å²) in [4.78, 5) is 22.9. The number of fused-ring (bicyclic) bond motifs is 1. The van der Waals surface area contributed by atoms with E-state index in [1.165, 1.54) is 11.3 Å². The third kappa shape index (κ3) is 1.57. The molecule has 0 aliphatic heterocycles. The zero-order valence-electron chi connectivity index (χ0n) is 8.35. The van der Waals surface area contributed by atoms with Gasteiger partial charge in [-0.2, -0.15) is 0 Å². The SMILES string of the molecule is CCOC(=O)c1c(O)c2sccc2oc1=O. The Bertz CT molecular complexity index is 595. The molecule has 0 fully saturated rings. The number of ether oxygens (including phenoxy) is 1. The van der Waals surface area contributed by atoms with Crippen LogP contribution in [0.5, 0.6) is 5.75 Å². The molecule has 2 aromatic rings. The zero-order valence-corrected chi connectivity index (χ0v) is 9.17. The maximum atomic E-state index is 11.4. The van der Waals surface area contributed by atoms with Gasteiger partial charge in [0, 0.05) is 0 Å². The number of carbonyl (C=O) groups excluding carboxylic acids is 1. The molecule has 1 N–H and O–H groups in total. The first-order valence-corrected chi connectivity index (χ1v) is 5.43. The van der Waals surface area contributed by atoms with E-state index in [0.29, 0.717) is 4.70 Å². The smallest absolute Gasteiger partial charge is 0.354 e. The molecule has 0 aliphatic carbocycles. The van der Waals surface area contributed by atoms with Crippen LogP contribution in [-0.2, 0) is 4.74 Å². The van der Waals surface area contributed by atoms with Crippen molar-refractivity contribution in [2.24, 2.45) is 0 Å². The van der Waals surface area contributed by atoms with Gasteiger partial charge < -0.3 is 14.3 Å². The van der Waals surface area contributed by atoms with Gasteiger partial charge in [-0.1, -0.05) is 0 Å². The van der Waals surface area contributed by atoms with Crippen molar-refractivity contribution in [3.8, 4) is 5.75 Å². The molecule has 0 atom stereocenters. The lowest BCUT2D eigenvalue weighted by molar-refractivity contribution is 0.0518. The van der Waals surface area contributed by atoms with Crippen molar-refractivity contribution in [3.05, 3.63) is 27.4 Å². The zero-order chi connectivity index (χ0) is 11.7. The summed E-state index contributed by atoms with van der Waals surface area (Å²) in [5, 5.41) is 11.4. The largest absolute Gasteiger partial charge is 0.505 e. The van der Waals surface area contributed by atoms with E-state index in [1.54, 1.807) is 18.4 Å². The lowest BCUT2D eigenvalue weighted by atomic mass is 10.2. The lowest BCUT2D eigenvalue weighted by Crippen LogP contribution is -2.16. The Balaban J connectivity index is 2.68. The minimum absolute atomic E-state index is 0.125. The van der Waals surface area contributed by atoms with Crippen LogP contribution in [0.25, 0.3) is 10.3 Å². The van der Waals surface area contributed by atoms with Crippen molar-refractivity contribution in [1.82, 2.24) is 0 Å². The van der Waals surface area contributed by atoms with Crippen LogP contribution < -0.4 is 5.63 Å². The minimum atomic E-state index is -0.887. The fraction of sp³-hybridized carbons (Fsp3) is 0.200. The molecule has 0 aliphatic rings. The molecule has 2 rings (SSSR count). The number of thiophene rings is 1. The van der Waals surface area contributed by atoms with E-state index in [0.717, 1.165) is 0 Å². The van der Waals surface area contributed by atoms with Gasteiger partial charge in [0.2, 0.25) is 0 Å². The summed E-state index contributed by atoms with van der Waals surface area (Å²) in [6, 6.07) is 1.55. The van der Waals surface area contributed by atoms with Gasteiger partial charge >= 0.3 is 11.6 Å². The lowest BCUT2D eigenvalue weighted by Gasteiger charge is -2.02. The molecule has 0 bridgehead atoms. The molecule has 0 amide bonds. The van der Waals surface area contributed by atoms with Crippen LogP contribution in [0.3, 0.4) is 0 Å². The molecular formula is C10H8O5S. The monoisotopic (exact) mass is 240 g/mol. The second-order valence-electron chi connectivity index (χ2n) is 2.95. The molecular weight excluding hydrogens is 232 g/mol. The van der Waals surface area contributed by atoms with Crippen molar-refractivity contribution >= 4 is 27.6 Å². The van der Waals surface area contributed by atoms with E-state index < -0.39 is 17.2 Å². The Morgan fingerprint density at radius 3 is 3.06 bits per heavy atom. The number of aromatic hydroxyl groups is 1. The van der Waals surface area contributed by atoms with Crippen LogP contribution in [0.4, 0.5) is 0 Å². The Morgan fingerprint density at radius 2 is 2.38 bits per heavy atom. The summed E-state index contributed by atoms with van der Waals surface area (Å²) >= 11 is 1.18. The summed E-state index contributed by atoms with van der Waals surface area (Å²) < 4.78 is 9.90. The van der Waals surface area contributed by atoms with E-state index in [4.69, 9.17) is 4.42 Å². The Labute approximate surface area is 93.9 Å². The van der Waals surface area contributed by atoms with Gasteiger partial charge in [-0.05, 0) is 18.4 Å². The van der Waals surface area contributed by atoms with Crippen molar-refractivity contribution in [3.63, 3.8) is 0 Å². The molecule has 0 saturated heterocycles. The van der Waals surface area contributed by atoms with E-state index in [9.17, 15) is 14.7 Å². The first-order valence-electron chi connectivity index (χ1n) is 4.55. The second-order valence-corrected chi connectivity index (χ2v) is 3.86. The van der Waals surface area contributed by atoms with E-state index in [-0.39, 0.29) is 17.9 Å². The van der Waals surface area contributed by atoms with Gasteiger partial charge in [-0.15, -0.1) is 11.3 Å². The van der Waals surface area contributed by atoms with Crippen LogP contribution >= 0.6 is 11.3 Å². The van der Waals surface area contributed by atoms with Gasteiger partial charge in [0.25, 0.3) is 0 Å². The number of esters is 1. The third-order valence-corrected chi connectivity index (χ3v) is 2.87. The molecule has 16 heavy (non-hydrogen) atoms. The van der Waals surface area contributed by atoms with E-state index >= 15 is 0 Å². The maximum Gasteiger partial charge on any atom is 0.354 e. The van der Waals surface area contributed by atoms with Gasteiger partial charge in [0.05, 0.1) is 6.61 Å². The summed E-state index contributed by atoms with van der Waals surface area (Å²) in [5.41, 5.74) is -1.07. The predicted molar refractivity (Wildman–Crippen MR) is 58.0 cm³/mol. The molecule has 2 aromatic heterocycles. The molecule has 0 aromatic carbocycles. The molecule has 5 nitrogen and oxygen atoms in total. The molecule has 84 valence electrons. The fourth-order valence-electron chi connectivity index (χ4n) is 1.29. The van der Waals surface area contributed by atoms with E-state index in [1.807, 2.05) is 0 Å². The van der Waals surface area contributed by atoms with E-state index in [2.05, 4.69) is 4.74 Å². The molecule has 2 heterocycles. The van der Waals surface area contributed by atoms with Crippen molar-refractivity contribution in [2.75, 3.05) is 6.61 Å². The highest BCUT2D eigenvalue weighted by molar-refractivity contribution is 7.17. The second kappa shape index (κ2) is 3.97. The normalized spacial score (nSPS) is 10.6. The highest BCUT2D eigenvalue weighted by atomic mass is 32.1. The number of carbonyl (C=O) groups is 1. The molecule has 0 saturated carbocycles. The maximum absolute atomic E-state index is 11.4. The van der Waals surface area contributed by atoms with Crippen LogP contribution in [0, 0.1) is 0 Å². The van der Waals surface area contributed by atoms with Crippen molar-refractivity contribution < 1.29 is 19.1 Å². The quantitative estimate of drug-likeness (QED) is 0.809. The predicted octanol–water partition coefficient (Wildman–Crippen LogP) is 1.74. The Morgan fingerprint density at radius 1 is 1.62 bits per heavy atom. The van der Waals surface area contributed by atoms with Gasteiger partial charge in [0.1, 0.15) is 4.70 Å². The average molecular weight is 240 g/mol. The highest BCUT2D eigenvalue weighted by Gasteiger charge is 2.22. The third-order valence-electron chi connectivity index (χ3n) is 1.97. The molecule has 0 spiro atoms.